The molecule has 1 spiro atoms. The normalized spacial score (nSPS) is 21.1. The Bertz CT molecular complexity index is 462. The Morgan fingerprint density at radius 2 is 1.96 bits per heavy atom. The van der Waals surface area contributed by atoms with Gasteiger partial charge in [0.05, 0.1) is 6.54 Å². The summed E-state index contributed by atoms with van der Waals surface area (Å²) in [4.78, 5) is 28.1. The van der Waals surface area contributed by atoms with Crippen LogP contribution in [-0.4, -0.2) is 76.8 Å². The molecule has 2 rings (SSSR count). The molecule has 1 atom stereocenters. The molecular formula is C18H32N2O4S. The van der Waals surface area contributed by atoms with Crippen LogP contribution < -0.4 is 0 Å². The Hall–Kier alpha value is -0.950. The summed E-state index contributed by atoms with van der Waals surface area (Å²) in [6, 6.07) is 0. The van der Waals surface area contributed by atoms with Gasteiger partial charge < -0.3 is 19.6 Å². The predicted molar refractivity (Wildman–Crippen MR) is 99.7 cm³/mol. The number of carbonyl (C=O) groups is 2. The van der Waals surface area contributed by atoms with Gasteiger partial charge in [0.2, 0.25) is 0 Å². The highest BCUT2D eigenvalue weighted by Gasteiger charge is 2.47. The zero-order valence-corrected chi connectivity index (χ0v) is 16.5. The number of rotatable bonds is 8. The molecular weight excluding hydrogens is 340 g/mol. The molecule has 2 fully saturated rings. The Morgan fingerprint density at radius 1 is 1.32 bits per heavy atom. The fourth-order valence-corrected chi connectivity index (χ4v) is 4.11. The SMILES string of the molecule is CCC(CC)CN1CC2(CCN(C(=O)[C@@H](O)CCSC)CC2)OC1=O. The number of nitrogens with zero attached hydrogens (tertiary/aromatic N) is 2. The molecule has 25 heavy (non-hydrogen) atoms. The molecule has 0 radical (unpaired) electrons. The standard InChI is InChI=1S/C18H32N2O4S/c1-4-14(5-2)12-20-13-18(24-17(20)23)7-9-19(10-8-18)16(22)15(21)6-11-25-3/h14-15,21H,4-13H2,1-3H3/t15-/m0/s1. The van der Waals surface area contributed by atoms with Crippen molar-refractivity contribution in [2.75, 3.05) is 38.2 Å². The van der Waals surface area contributed by atoms with Crippen LogP contribution in [0, 0.1) is 5.92 Å². The summed E-state index contributed by atoms with van der Waals surface area (Å²) in [6.07, 6.45) is 4.74. The zero-order valence-electron chi connectivity index (χ0n) is 15.7. The molecule has 0 aliphatic carbocycles. The smallest absolute Gasteiger partial charge is 0.410 e. The Labute approximate surface area is 155 Å². The van der Waals surface area contributed by atoms with Crippen LogP contribution in [0.1, 0.15) is 46.0 Å². The first-order valence-corrected chi connectivity index (χ1v) is 10.8. The van der Waals surface area contributed by atoms with Crippen LogP contribution in [0.4, 0.5) is 4.79 Å². The first-order valence-electron chi connectivity index (χ1n) is 9.38. The zero-order chi connectivity index (χ0) is 18.4. The maximum atomic E-state index is 12.3. The highest BCUT2D eigenvalue weighted by Crippen LogP contribution is 2.34. The van der Waals surface area contributed by atoms with E-state index in [1.54, 1.807) is 16.7 Å². The first kappa shape index (κ1) is 20.4. The van der Waals surface area contributed by atoms with Crippen molar-refractivity contribution >= 4 is 23.8 Å². The molecule has 2 heterocycles. The lowest BCUT2D eigenvalue weighted by Crippen LogP contribution is -2.51. The lowest BCUT2D eigenvalue weighted by molar-refractivity contribution is -0.143. The van der Waals surface area contributed by atoms with Crippen LogP contribution in [0.2, 0.25) is 0 Å². The molecule has 0 saturated carbocycles. The highest BCUT2D eigenvalue weighted by atomic mass is 32.2. The largest absolute Gasteiger partial charge is 0.441 e. The average Bonchev–Trinajstić information content (AvgIpc) is 2.92. The van der Waals surface area contributed by atoms with Crippen LogP contribution in [0.5, 0.6) is 0 Å². The molecule has 7 heteroatoms. The van der Waals surface area contributed by atoms with Crippen molar-refractivity contribution in [2.24, 2.45) is 5.92 Å². The van der Waals surface area contributed by atoms with Crippen LogP contribution in [-0.2, 0) is 9.53 Å². The molecule has 0 aromatic carbocycles. The monoisotopic (exact) mass is 372 g/mol. The van der Waals surface area contributed by atoms with E-state index in [2.05, 4.69) is 13.8 Å². The van der Waals surface area contributed by atoms with E-state index in [0.29, 0.717) is 44.8 Å². The summed E-state index contributed by atoms with van der Waals surface area (Å²) < 4.78 is 5.73. The lowest BCUT2D eigenvalue weighted by atomic mass is 9.90. The number of likely N-dealkylation sites (tertiary alicyclic amines) is 1. The number of amides is 2. The predicted octanol–water partition coefficient (Wildman–Crippen LogP) is 2.35. The number of piperidine rings is 1. The van der Waals surface area contributed by atoms with Crippen LogP contribution in [0.3, 0.4) is 0 Å². The number of aliphatic hydroxyl groups is 1. The quantitative estimate of drug-likeness (QED) is 0.708. The van der Waals surface area contributed by atoms with Gasteiger partial charge in [0.15, 0.2) is 0 Å². The number of hydrogen-bond acceptors (Lipinski definition) is 5. The Kier molecular flexibility index (Phi) is 7.43. The van der Waals surface area contributed by atoms with Crippen molar-refractivity contribution in [3.8, 4) is 0 Å². The van der Waals surface area contributed by atoms with E-state index < -0.39 is 11.7 Å². The van der Waals surface area contributed by atoms with Crippen molar-refractivity contribution in [1.29, 1.82) is 0 Å². The first-order chi connectivity index (χ1) is 11.9. The lowest BCUT2D eigenvalue weighted by Gasteiger charge is -2.38. The summed E-state index contributed by atoms with van der Waals surface area (Å²) in [7, 11) is 0. The van der Waals surface area contributed by atoms with Crippen molar-refractivity contribution in [2.45, 2.75) is 57.7 Å². The third-order valence-corrected chi connectivity index (χ3v) is 6.19. The van der Waals surface area contributed by atoms with Gasteiger partial charge in [-0.2, -0.15) is 11.8 Å². The molecule has 2 aliphatic heterocycles. The molecule has 1 N–H and O–H groups in total. The van der Waals surface area contributed by atoms with Gasteiger partial charge in [-0.25, -0.2) is 4.79 Å². The molecule has 2 aliphatic rings. The third-order valence-electron chi connectivity index (χ3n) is 5.54. The molecule has 0 aromatic heterocycles. The van der Waals surface area contributed by atoms with Gasteiger partial charge in [-0.05, 0) is 24.3 Å². The third kappa shape index (κ3) is 5.03. The van der Waals surface area contributed by atoms with E-state index in [4.69, 9.17) is 4.74 Å². The van der Waals surface area contributed by atoms with Gasteiger partial charge >= 0.3 is 6.09 Å². The average molecular weight is 373 g/mol. The Morgan fingerprint density at radius 3 is 2.52 bits per heavy atom. The fourth-order valence-electron chi connectivity index (χ4n) is 3.65. The van der Waals surface area contributed by atoms with Gasteiger partial charge in [0.1, 0.15) is 11.7 Å². The van der Waals surface area contributed by atoms with Gasteiger partial charge in [0.25, 0.3) is 5.91 Å². The van der Waals surface area contributed by atoms with Crippen LogP contribution in [0.25, 0.3) is 0 Å². The Balaban J connectivity index is 1.86. The molecule has 144 valence electrons. The van der Waals surface area contributed by atoms with E-state index in [0.717, 1.165) is 25.1 Å². The number of aliphatic hydroxyl groups excluding tert-OH is 1. The minimum Gasteiger partial charge on any atom is -0.441 e. The summed E-state index contributed by atoms with van der Waals surface area (Å²) in [5.74, 6) is 1.09. The summed E-state index contributed by atoms with van der Waals surface area (Å²) in [5, 5.41) is 10.00. The topological polar surface area (TPSA) is 70.1 Å². The molecule has 0 bridgehead atoms. The summed E-state index contributed by atoms with van der Waals surface area (Å²) in [6.45, 7) is 6.77. The van der Waals surface area contributed by atoms with Gasteiger partial charge in [-0.3, -0.25) is 4.79 Å². The van der Waals surface area contributed by atoms with E-state index >= 15 is 0 Å². The highest BCUT2D eigenvalue weighted by molar-refractivity contribution is 7.98. The van der Waals surface area contributed by atoms with Crippen LogP contribution in [0.15, 0.2) is 0 Å². The molecule has 2 amide bonds. The fraction of sp³-hybridized carbons (Fsp3) is 0.889. The summed E-state index contributed by atoms with van der Waals surface area (Å²) in [5.41, 5.74) is -0.454. The maximum Gasteiger partial charge on any atom is 0.410 e. The van der Waals surface area contributed by atoms with Gasteiger partial charge in [-0.1, -0.05) is 26.7 Å². The van der Waals surface area contributed by atoms with E-state index in [-0.39, 0.29) is 12.0 Å². The molecule has 6 nitrogen and oxygen atoms in total. The minimum atomic E-state index is -0.918. The summed E-state index contributed by atoms with van der Waals surface area (Å²) >= 11 is 1.62. The molecule has 0 aromatic rings. The van der Waals surface area contributed by atoms with Gasteiger partial charge in [0, 0.05) is 32.5 Å². The second-order valence-corrected chi connectivity index (χ2v) is 8.22. The van der Waals surface area contributed by atoms with Crippen molar-refractivity contribution in [3.05, 3.63) is 0 Å². The second kappa shape index (κ2) is 9.12. The van der Waals surface area contributed by atoms with Crippen molar-refractivity contribution in [1.82, 2.24) is 9.80 Å². The maximum absolute atomic E-state index is 12.3. The number of hydrogen-bond donors (Lipinski definition) is 1. The minimum absolute atomic E-state index is 0.192. The number of thioether (sulfide) groups is 1. The molecule has 0 unspecified atom stereocenters. The van der Waals surface area contributed by atoms with E-state index in [1.807, 2.05) is 11.2 Å². The number of ether oxygens (including phenoxy) is 1. The number of carbonyl (C=O) groups excluding carboxylic acids is 2. The van der Waals surface area contributed by atoms with Gasteiger partial charge in [-0.15, -0.1) is 0 Å². The second-order valence-electron chi connectivity index (χ2n) is 7.24. The van der Waals surface area contributed by atoms with E-state index in [1.165, 1.54) is 0 Å². The van der Waals surface area contributed by atoms with Crippen LogP contribution >= 0.6 is 11.8 Å². The van der Waals surface area contributed by atoms with Crippen molar-refractivity contribution in [3.63, 3.8) is 0 Å². The van der Waals surface area contributed by atoms with Crippen molar-refractivity contribution < 1.29 is 19.4 Å². The molecule has 2 saturated heterocycles. The van der Waals surface area contributed by atoms with E-state index in [9.17, 15) is 14.7 Å².